The van der Waals surface area contributed by atoms with Crippen molar-refractivity contribution in [3.8, 4) is 0 Å². The van der Waals surface area contributed by atoms with Crippen LogP contribution in [0.4, 0.5) is 0 Å². The Morgan fingerprint density at radius 2 is 1.70 bits per heavy atom. The molecular formula is C26H38O4. The lowest BCUT2D eigenvalue weighted by molar-refractivity contribution is -0.192. The molecule has 0 aromatic rings. The number of carbonyl (C=O) groups excluding carboxylic acids is 2. The SMILES string of the molecule is CCC1CC(CC)C2C3CC(CC3C(=O)OCOC3C4CC5CC(C4)C(=O)C3C5)C12. The van der Waals surface area contributed by atoms with Crippen molar-refractivity contribution in [2.45, 2.75) is 77.7 Å². The highest BCUT2D eigenvalue weighted by atomic mass is 16.7. The van der Waals surface area contributed by atoms with Crippen molar-refractivity contribution in [3.63, 3.8) is 0 Å². The second-order valence-electron chi connectivity index (χ2n) is 11.7. The Bertz CT molecular complexity index is 718. The summed E-state index contributed by atoms with van der Waals surface area (Å²) in [6.07, 6.45) is 10.5. The highest BCUT2D eigenvalue weighted by Gasteiger charge is 2.61. The third-order valence-corrected chi connectivity index (χ3v) is 10.7. The fourth-order valence-electron chi connectivity index (χ4n) is 9.78. The molecule has 12 atom stereocenters. The molecule has 0 aromatic carbocycles. The molecule has 0 aromatic heterocycles. The highest BCUT2D eigenvalue weighted by molar-refractivity contribution is 5.86. The van der Waals surface area contributed by atoms with E-state index < -0.39 is 0 Å². The smallest absolute Gasteiger partial charge is 0.311 e. The minimum atomic E-state index is -0.0223. The van der Waals surface area contributed by atoms with Crippen molar-refractivity contribution in [1.29, 1.82) is 0 Å². The standard InChI is InChI=1S/C26H38O4/c1-3-14-8-15(4-2)23-19-10-16(22(14)23)11-20(19)26(28)30-12-29-25-18-6-13-5-17(9-18)24(27)21(25)7-13/h13-23,25H,3-12H2,1-2H3. The van der Waals surface area contributed by atoms with Crippen molar-refractivity contribution < 1.29 is 19.1 Å². The third-order valence-electron chi connectivity index (χ3n) is 10.7. The fourth-order valence-corrected chi connectivity index (χ4v) is 9.78. The van der Waals surface area contributed by atoms with Gasteiger partial charge in [-0.1, -0.05) is 26.7 Å². The van der Waals surface area contributed by atoms with Crippen LogP contribution in [0.15, 0.2) is 0 Å². The van der Waals surface area contributed by atoms with E-state index in [4.69, 9.17) is 9.47 Å². The van der Waals surface area contributed by atoms with Crippen molar-refractivity contribution in [1.82, 2.24) is 0 Å². The van der Waals surface area contributed by atoms with Gasteiger partial charge in [0.1, 0.15) is 5.78 Å². The van der Waals surface area contributed by atoms with Crippen LogP contribution in [0.3, 0.4) is 0 Å². The van der Waals surface area contributed by atoms with Gasteiger partial charge in [-0.05, 0) is 92.3 Å². The van der Waals surface area contributed by atoms with E-state index in [1.54, 1.807) is 0 Å². The van der Waals surface area contributed by atoms with Gasteiger partial charge in [0, 0.05) is 11.8 Å². The minimum Gasteiger partial charge on any atom is -0.438 e. The number of carbonyl (C=O) groups is 2. The molecule has 0 saturated heterocycles. The molecule has 0 heterocycles. The van der Waals surface area contributed by atoms with E-state index >= 15 is 0 Å². The molecule has 6 bridgehead atoms. The first-order chi connectivity index (χ1) is 14.6. The van der Waals surface area contributed by atoms with Crippen LogP contribution in [0.2, 0.25) is 0 Å². The molecule has 0 spiro atoms. The van der Waals surface area contributed by atoms with Crippen LogP contribution in [-0.2, 0) is 19.1 Å². The molecule has 7 aliphatic carbocycles. The molecule has 0 N–H and O–H groups in total. The Labute approximate surface area is 180 Å². The van der Waals surface area contributed by atoms with Crippen molar-refractivity contribution >= 4 is 11.8 Å². The summed E-state index contributed by atoms with van der Waals surface area (Å²) in [6, 6.07) is 0. The molecule has 4 heteroatoms. The normalized spacial score (nSPS) is 52.8. The van der Waals surface area contributed by atoms with Crippen LogP contribution in [0.5, 0.6) is 0 Å². The topological polar surface area (TPSA) is 52.6 Å². The van der Waals surface area contributed by atoms with E-state index in [0.717, 1.165) is 61.2 Å². The average Bonchev–Trinajstić information content (AvgIpc) is 3.43. The van der Waals surface area contributed by atoms with Crippen LogP contribution in [0, 0.1) is 65.1 Å². The predicted octanol–water partition coefficient (Wildman–Crippen LogP) is 4.85. The van der Waals surface area contributed by atoms with E-state index in [-0.39, 0.29) is 30.7 Å². The number of hydrogen-bond donors (Lipinski definition) is 0. The maximum atomic E-state index is 13.0. The molecule has 0 radical (unpaired) electrons. The Morgan fingerprint density at radius 1 is 0.900 bits per heavy atom. The highest BCUT2D eigenvalue weighted by Crippen LogP contribution is 2.65. The van der Waals surface area contributed by atoms with Gasteiger partial charge in [0.15, 0.2) is 6.79 Å². The molecule has 7 saturated carbocycles. The molecule has 7 fully saturated rings. The molecule has 0 amide bonds. The number of hydrogen-bond acceptors (Lipinski definition) is 4. The summed E-state index contributed by atoms with van der Waals surface area (Å²) < 4.78 is 11.8. The molecular weight excluding hydrogens is 376 g/mol. The summed E-state index contributed by atoms with van der Waals surface area (Å²) in [5, 5.41) is 0. The number of esters is 1. The van der Waals surface area contributed by atoms with Crippen LogP contribution in [0.25, 0.3) is 0 Å². The lowest BCUT2D eigenvalue weighted by Gasteiger charge is -2.52. The zero-order chi connectivity index (χ0) is 20.6. The number of rotatable bonds is 6. The average molecular weight is 415 g/mol. The quantitative estimate of drug-likeness (QED) is 0.460. The lowest BCUT2D eigenvalue weighted by Crippen LogP contribution is -2.55. The van der Waals surface area contributed by atoms with Crippen molar-refractivity contribution in [2.75, 3.05) is 6.79 Å². The molecule has 7 rings (SSSR count). The van der Waals surface area contributed by atoms with Gasteiger partial charge in [0.25, 0.3) is 0 Å². The van der Waals surface area contributed by atoms with E-state index in [9.17, 15) is 9.59 Å². The number of fused-ring (bicyclic) bond motifs is 5. The molecule has 7 aliphatic rings. The van der Waals surface area contributed by atoms with Gasteiger partial charge in [0.2, 0.25) is 0 Å². The van der Waals surface area contributed by atoms with Crippen LogP contribution in [-0.4, -0.2) is 24.6 Å². The third kappa shape index (κ3) is 2.81. The zero-order valence-electron chi connectivity index (χ0n) is 18.6. The fraction of sp³-hybridized carbons (Fsp3) is 0.923. The van der Waals surface area contributed by atoms with Crippen LogP contribution >= 0.6 is 0 Å². The van der Waals surface area contributed by atoms with Gasteiger partial charge in [-0.25, -0.2) is 0 Å². The first-order valence-corrected chi connectivity index (χ1v) is 12.9. The maximum Gasteiger partial charge on any atom is 0.311 e. The Balaban J connectivity index is 1.06. The van der Waals surface area contributed by atoms with Gasteiger partial charge in [-0.2, -0.15) is 0 Å². The van der Waals surface area contributed by atoms with E-state index in [1.165, 1.54) is 32.1 Å². The molecule has 30 heavy (non-hydrogen) atoms. The van der Waals surface area contributed by atoms with E-state index in [0.29, 0.717) is 23.5 Å². The predicted molar refractivity (Wildman–Crippen MR) is 112 cm³/mol. The van der Waals surface area contributed by atoms with Gasteiger partial charge in [-0.3, -0.25) is 9.59 Å². The molecule has 166 valence electrons. The number of ketones is 1. The summed E-state index contributed by atoms with van der Waals surface area (Å²) in [4.78, 5) is 25.6. The first-order valence-electron chi connectivity index (χ1n) is 12.9. The Kier molecular flexibility index (Phi) is 4.82. The molecule has 12 unspecified atom stereocenters. The van der Waals surface area contributed by atoms with Crippen LogP contribution in [0.1, 0.15) is 71.6 Å². The lowest BCUT2D eigenvalue weighted by atomic mass is 9.54. The second-order valence-corrected chi connectivity index (χ2v) is 11.7. The van der Waals surface area contributed by atoms with E-state index in [2.05, 4.69) is 13.8 Å². The van der Waals surface area contributed by atoms with Gasteiger partial charge in [-0.15, -0.1) is 0 Å². The molecule has 4 nitrogen and oxygen atoms in total. The summed E-state index contributed by atoms with van der Waals surface area (Å²) in [5.74, 6) is 6.66. The summed E-state index contributed by atoms with van der Waals surface area (Å²) >= 11 is 0. The van der Waals surface area contributed by atoms with Gasteiger partial charge >= 0.3 is 5.97 Å². The molecule has 0 aliphatic heterocycles. The largest absolute Gasteiger partial charge is 0.438 e. The van der Waals surface area contributed by atoms with E-state index in [1.807, 2.05) is 0 Å². The van der Waals surface area contributed by atoms with Gasteiger partial charge < -0.3 is 9.47 Å². The Morgan fingerprint density at radius 3 is 2.50 bits per heavy atom. The number of Topliss-reactive ketones (excluding diaryl/α,β-unsaturated/α-hetero) is 1. The summed E-state index contributed by atoms with van der Waals surface area (Å²) in [5.41, 5.74) is 0. The minimum absolute atomic E-state index is 0.00729. The van der Waals surface area contributed by atoms with Crippen molar-refractivity contribution in [2.24, 2.45) is 65.1 Å². The van der Waals surface area contributed by atoms with Gasteiger partial charge in [0.05, 0.1) is 12.0 Å². The Hall–Kier alpha value is -0.900. The zero-order valence-corrected chi connectivity index (χ0v) is 18.6. The summed E-state index contributed by atoms with van der Waals surface area (Å²) in [7, 11) is 0. The van der Waals surface area contributed by atoms with Crippen molar-refractivity contribution in [3.05, 3.63) is 0 Å². The first kappa shape index (κ1) is 19.8. The maximum absolute atomic E-state index is 13.0. The number of ether oxygens (including phenoxy) is 2. The van der Waals surface area contributed by atoms with Crippen LogP contribution < -0.4 is 0 Å². The monoisotopic (exact) mass is 414 g/mol. The second kappa shape index (κ2) is 7.32. The summed E-state index contributed by atoms with van der Waals surface area (Å²) in [6.45, 7) is 4.73.